The molecule has 2 rings (SSSR count). The molecule has 5 N–H and O–H groups in total. The third-order valence-electron chi connectivity index (χ3n) is 2.60. The molecule has 0 radical (unpaired) electrons. The molecular formula is C11H15N3O3. The van der Waals surface area contributed by atoms with Crippen molar-refractivity contribution in [2.75, 3.05) is 12.0 Å². The van der Waals surface area contributed by atoms with E-state index in [0.29, 0.717) is 0 Å². The van der Waals surface area contributed by atoms with Crippen LogP contribution >= 0.6 is 0 Å². The van der Waals surface area contributed by atoms with Gasteiger partial charge in [-0.25, -0.2) is 0 Å². The number of hydrogen-bond donors (Lipinski definition) is 5. The molecule has 0 amide bonds. The number of anilines is 1. The van der Waals surface area contributed by atoms with Crippen LogP contribution in [0.3, 0.4) is 0 Å². The third kappa shape index (κ3) is 2.55. The zero-order valence-electron chi connectivity index (χ0n) is 9.11. The third-order valence-corrected chi connectivity index (χ3v) is 2.60. The van der Waals surface area contributed by atoms with Gasteiger partial charge in [-0.1, -0.05) is 18.2 Å². The van der Waals surface area contributed by atoms with Gasteiger partial charge in [0, 0.05) is 0 Å². The van der Waals surface area contributed by atoms with Crippen LogP contribution in [0.5, 0.6) is 0 Å². The van der Waals surface area contributed by atoms with Crippen LogP contribution in [-0.2, 0) is 0 Å². The molecule has 0 fully saturated rings. The predicted molar refractivity (Wildman–Crippen MR) is 63.5 cm³/mol. The molecule has 6 heteroatoms. The summed E-state index contributed by atoms with van der Waals surface area (Å²) in [6, 6.07) is 8.62. The first-order valence-corrected chi connectivity index (χ1v) is 5.34. The number of aliphatic hydroxyl groups is 3. The number of hydrogen-bond acceptors (Lipinski definition) is 6. The smallest absolute Gasteiger partial charge is 0.147 e. The summed E-state index contributed by atoms with van der Waals surface area (Å²) in [5.74, 6) is 0.223. The highest BCUT2D eigenvalue weighted by Crippen LogP contribution is 2.13. The summed E-state index contributed by atoms with van der Waals surface area (Å²) in [5.41, 5.74) is 6.38. The van der Waals surface area contributed by atoms with Gasteiger partial charge in [0.2, 0.25) is 0 Å². The molecule has 1 aromatic carbocycles. The minimum atomic E-state index is -1.11. The van der Waals surface area contributed by atoms with E-state index in [9.17, 15) is 10.2 Å². The minimum absolute atomic E-state index is 0.223. The molecule has 0 aromatic heterocycles. The van der Waals surface area contributed by atoms with E-state index >= 15 is 0 Å². The lowest BCUT2D eigenvalue weighted by Crippen LogP contribution is -2.42. The van der Waals surface area contributed by atoms with Crippen molar-refractivity contribution in [1.82, 2.24) is 5.43 Å². The fourth-order valence-electron chi connectivity index (χ4n) is 1.62. The molecule has 0 aliphatic carbocycles. The number of hydrazine groups is 1. The van der Waals surface area contributed by atoms with Gasteiger partial charge in [0.25, 0.3) is 0 Å². The van der Waals surface area contributed by atoms with Gasteiger partial charge in [-0.15, -0.1) is 0 Å². The number of nitrogens with zero attached hydrogens (tertiary/aromatic N) is 1. The highest BCUT2D eigenvalue weighted by molar-refractivity contribution is 5.90. The summed E-state index contributed by atoms with van der Waals surface area (Å²) < 4.78 is 0. The Morgan fingerprint density at radius 1 is 1.12 bits per heavy atom. The molecule has 0 spiro atoms. The number of amidine groups is 1. The zero-order chi connectivity index (χ0) is 12.3. The second-order valence-electron chi connectivity index (χ2n) is 3.82. The van der Waals surface area contributed by atoms with E-state index in [2.05, 4.69) is 15.8 Å². The zero-order valence-corrected chi connectivity index (χ0v) is 9.11. The van der Waals surface area contributed by atoms with Crippen LogP contribution in [-0.4, -0.2) is 46.0 Å². The summed E-state index contributed by atoms with van der Waals surface area (Å²) in [5, 5.41) is 28.1. The van der Waals surface area contributed by atoms with Crippen molar-refractivity contribution >= 4 is 11.5 Å². The molecule has 1 heterocycles. The summed E-state index contributed by atoms with van der Waals surface area (Å²) >= 11 is 0. The molecule has 1 aromatic rings. The van der Waals surface area contributed by atoms with Crippen LogP contribution in [0.25, 0.3) is 0 Å². The Balaban J connectivity index is 1.96. The van der Waals surface area contributed by atoms with Gasteiger partial charge < -0.3 is 15.3 Å². The van der Waals surface area contributed by atoms with Crippen molar-refractivity contribution < 1.29 is 15.3 Å². The highest BCUT2D eigenvalue weighted by atomic mass is 16.3. The lowest BCUT2D eigenvalue weighted by molar-refractivity contribution is 0.0398. The first-order chi connectivity index (χ1) is 8.22. The second-order valence-corrected chi connectivity index (χ2v) is 3.82. The van der Waals surface area contributed by atoms with Crippen LogP contribution in [0.2, 0.25) is 0 Å². The molecule has 1 aliphatic heterocycles. The van der Waals surface area contributed by atoms with E-state index in [1.807, 2.05) is 30.3 Å². The van der Waals surface area contributed by atoms with E-state index in [1.54, 1.807) is 0 Å². The van der Waals surface area contributed by atoms with Crippen molar-refractivity contribution in [3.63, 3.8) is 0 Å². The average molecular weight is 237 g/mol. The quantitative estimate of drug-likeness (QED) is 0.439. The van der Waals surface area contributed by atoms with Crippen molar-refractivity contribution in [2.45, 2.75) is 18.2 Å². The van der Waals surface area contributed by atoms with Gasteiger partial charge in [0.15, 0.2) is 0 Å². The van der Waals surface area contributed by atoms with Gasteiger partial charge in [0.1, 0.15) is 24.1 Å². The Labute approximate surface area is 98.6 Å². The highest BCUT2D eigenvalue weighted by Gasteiger charge is 2.36. The van der Waals surface area contributed by atoms with Crippen LogP contribution in [0, 0.1) is 0 Å². The van der Waals surface area contributed by atoms with Gasteiger partial charge in [-0.3, -0.25) is 15.8 Å². The van der Waals surface area contributed by atoms with Crippen LogP contribution < -0.4 is 10.9 Å². The SMILES string of the molecule is OC[C@H]1N=C(NNc2ccccc2)[C@H](O)[C@@H]1O. The fraction of sp³-hybridized carbons (Fsp3) is 0.364. The Morgan fingerprint density at radius 2 is 1.82 bits per heavy atom. The largest absolute Gasteiger partial charge is 0.394 e. The molecule has 0 saturated heterocycles. The standard InChI is InChI=1S/C11H15N3O3/c15-6-8-9(16)10(17)11(12-8)14-13-7-4-2-1-3-5-7/h1-5,8-10,13,15-17H,6H2,(H,12,14)/t8-,9-,10-/m1/s1. The Hall–Kier alpha value is -1.63. The van der Waals surface area contributed by atoms with E-state index in [4.69, 9.17) is 5.11 Å². The molecule has 0 unspecified atom stereocenters. The first kappa shape index (κ1) is 11.8. The molecule has 0 saturated carbocycles. The summed E-state index contributed by atoms with van der Waals surface area (Å²) in [6.07, 6.45) is -2.18. The predicted octanol–water partition coefficient (Wildman–Crippen LogP) is -0.902. The van der Waals surface area contributed by atoms with Gasteiger partial charge in [0.05, 0.1) is 12.3 Å². The number of aliphatic hydroxyl groups excluding tert-OH is 3. The molecular weight excluding hydrogens is 222 g/mol. The van der Waals surface area contributed by atoms with Crippen LogP contribution in [0.1, 0.15) is 0 Å². The van der Waals surface area contributed by atoms with E-state index in [-0.39, 0.29) is 12.4 Å². The number of para-hydroxylation sites is 1. The molecule has 92 valence electrons. The van der Waals surface area contributed by atoms with E-state index in [0.717, 1.165) is 5.69 Å². The molecule has 6 nitrogen and oxygen atoms in total. The van der Waals surface area contributed by atoms with Crippen molar-refractivity contribution in [3.05, 3.63) is 30.3 Å². The summed E-state index contributed by atoms with van der Waals surface area (Å²) in [4.78, 5) is 3.98. The Kier molecular flexibility index (Phi) is 3.58. The van der Waals surface area contributed by atoms with Crippen molar-refractivity contribution in [2.24, 2.45) is 4.99 Å². The number of aliphatic imine (C=N–C) groups is 1. The fourth-order valence-corrected chi connectivity index (χ4v) is 1.62. The molecule has 17 heavy (non-hydrogen) atoms. The molecule has 0 bridgehead atoms. The number of rotatable bonds is 3. The lowest BCUT2D eigenvalue weighted by Gasteiger charge is -2.14. The van der Waals surface area contributed by atoms with Crippen LogP contribution in [0.15, 0.2) is 35.3 Å². The average Bonchev–Trinajstić information content (AvgIpc) is 2.65. The molecule has 1 aliphatic rings. The first-order valence-electron chi connectivity index (χ1n) is 5.34. The minimum Gasteiger partial charge on any atom is -0.394 e. The maximum absolute atomic E-state index is 9.64. The van der Waals surface area contributed by atoms with Crippen molar-refractivity contribution in [1.29, 1.82) is 0 Å². The maximum Gasteiger partial charge on any atom is 0.147 e. The normalized spacial score (nSPS) is 27.7. The summed E-state index contributed by atoms with van der Waals surface area (Å²) in [7, 11) is 0. The Bertz CT molecular complexity index is 396. The topological polar surface area (TPSA) is 97.1 Å². The maximum atomic E-state index is 9.64. The van der Waals surface area contributed by atoms with Crippen LogP contribution in [0.4, 0.5) is 5.69 Å². The summed E-state index contributed by atoms with van der Waals surface area (Å²) in [6.45, 7) is -0.297. The van der Waals surface area contributed by atoms with Gasteiger partial charge in [-0.05, 0) is 12.1 Å². The van der Waals surface area contributed by atoms with Gasteiger partial charge in [-0.2, -0.15) is 0 Å². The van der Waals surface area contributed by atoms with Crippen molar-refractivity contribution in [3.8, 4) is 0 Å². The monoisotopic (exact) mass is 237 g/mol. The molecule has 3 atom stereocenters. The van der Waals surface area contributed by atoms with E-state index in [1.165, 1.54) is 0 Å². The second kappa shape index (κ2) is 5.13. The Morgan fingerprint density at radius 3 is 2.41 bits per heavy atom. The lowest BCUT2D eigenvalue weighted by atomic mass is 10.1. The number of nitrogens with one attached hydrogen (secondary N) is 2. The van der Waals surface area contributed by atoms with E-state index < -0.39 is 18.2 Å². The number of benzene rings is 1. The van der Waals surface area contributed by atoms with Gasteiger partial charge >= 0.3 is 0 Å².